The quantitative estimate of drug-likeness (QED) is 0.377. The Morgan fingerprint density at radius 2 is 1.45 bits per heavy atom. The molecule has 202 valence electrons. The maximum absolute atomic E-state index is 13.9. The van der Waals surface area contributed by atoms with Crippen molar-refractivity contribution in [2.45, 2.75) is 32.9 Å². The van der Waals surface area contributed by atoms with Crippen molar-refractivity contribution in [3.05, 3.63) is 102 Å². The summed E-state index contributed by atoms with van der Waals surface area (Å²) in [4.78, 5) is 28.8. The van der Waals surface area contributed by atoms with Gasteiger partial charge in [0.05, 0.1) is 11.9 Å². The predicted molar refractivity (Wildman–Crippen MR) is 147 cm³/mol. The first-order valence-electron chi connectivity index (χ1n) is 12.4. The van der Waals surface area contributed by atoms with E-state index in [4.69, 9.17) is 0 Å². The minimum atomic E-state index is -3.82. The second-order valence-corrected chi connectivity index (χ2v) is 11.5. The molecule has 0 unspecified atom stereocenters. The fraction of sp³-hybridized carbons (Fsp3) is 0.310. The Balaban J connectivity index is 2.02. The van der Waals surface area contributed by atoms with Crippen molar-refractivity contribution in [1.82, 2.24) is 10.2 Å². The first-order valence-corrected chi connectivity index (χ1v) is 14.3. The average Bonchev–Trinajstić information content (AvgIpc) is 2.89. The van der Waals surface area contributed by atoms with Crippen LogP contribution >= 0.6 is 0 Å². The van der Waals surface area contributed by atoms with Gasteiger partial charge < -0.3 is 10.2 Å². The Morgan fingerprint density at radius 3 is 2.00 bits per heavy atom. The van der Waals surface area contributed by atoms with Crippen LogP contribution in [-0.2, 0) is 32.6 Å². The monoisotopic (exact) mass is 539 g/mol. The molecule has 1 atom stereocenters. The molecule has 0 aliphatic heterocycles. The molecule has 1 N–H and O–H groups in total. The highest BCUT2D eigenvalue weighted by Crippen LogP contribution is 2.20. The summed E-state index contributed by atoms with van der Waals surface area (Å²) >= 11 is 0. The van der Waals surface area contributed by atoms with E-state index < -0.39 is 34.3 Å². The Kier molecular flexibility index (Phi) is 10.0. The highest BCUT2D eigenvalue weighted by atomic mass is 32.2. The Hall–Kier alpha value is -3.72. The van der Waals surface area contributed by atoms with Crippen LogP contribution in [0.1, 0.15) is 25.0 Å². The number of anilines is 1. The lowest BCUT2D eigenvalue weighted by atomic mass is 10.0. The van der Waals surface area contributed by atoms with Gasteiger partial charge in [-0.15, -0.1) is 0 Å². The molecule has 0 heterocycles. The lowest BCUT2D eigenvalue weighted by Crippen LogP contribution is -2.53. The van der Waals surface area contributed by atoms with Crippen LogP contribution in [0, 0.1) is 11.7 Å². The number of hydrogen-bond acceptors (Lipinski definition) is 4. The third kappa shape index (κ3) is 8.41. The second kappa shape index (κ2) is 13.2. The zero-order chi connectivity index (χ0) is 27.7. The maximum Gasteiger partial charge on any atom is 0.244 e. The number of rotatable bonds is 12. The molecule has 38 heavy (non-hydrogen) atoms. The number of sulfonamides is 1. The molecule has 0 bridgehead atoms. The van der Waals surface area contributed by atoms with Crippen LogP contribution in [0.5, 0.6) is 0 Å². The van der Waals surface area contributed by atoms with Crippen LogP contribution in [0.3, 0.4) is 0 Å². The molecule has 0 radical (unpaired) electrons. The van der Waals surface area contributed by atoms with Gasteiger partial charge in [0.2, 0.25) is 21.8 Å². The van der Waals surface area contributed by atoms with Crippen LogP contribution in [0.25, 0.3) is 0 Å². The largest absolute Gasteiger partial charge is 0.354 e. The third-order valence-corrected chi connectivity index (χ3v) is 7.09. The number of benzene rings is 3. The van der Waals surface area contributed by atoms with Crippen LogP contribution in [-0.4, -0.2) is 50.5 Å². The number of halogens is 1. The lowest BCUT2D eigenvalue weighted by Gasteiger charge is -2.33. The first kappa shape index (κ1) is 28.8. The molecule has 3 aromatic carbocycles. The van der Waals surface area contributed by atoms with Gasteiger partial charge in [-0.1, -0.05) is 74.5 Å². The van der Waals surface area contributed by atoms with Crippen LogP contribution < -0.4 is 9.62 Å². The minimum absolute atomic E-state index is 0.00188. The molecular weight excluding hydrogens is 505 g/mol. The van der Waals surface area contributed by atoms with Crippen molar-refractivity contribution in [2.75, 3.05) is 23.7 Å². The van der Waals surface area contributed by atoms with E-state index in [1.165, 1.54) is 17.0 Å². The molecular formula is C29H34FN3O4S. The number of carbonyl (C=O) groups excluding carboxylic acids is 2. The third-order valence-electron chi connectivity index (χ3n) is 5.95. The summed E-state index contributed by atoms with van der Waals surface area (Å²) in [5.41, 5.74) is 1.80. The van der Waals surface area contributed by atoms with Crippen molar-refractivity contribution in [3.8, 4) is 0 Å². The zero-order valence-corrected chi connectivity index (χ0v) is 22.7. The van der Waals surface area contributed by atoms with E-state index in [0.29, 0.717) is 17.8 Å². The van der Waals surface area contributed by atoms with Crippen molar-refractivity contribution in [3.63, 3.8) is 0 Å². The van der Waals surface area contributed by atoms with Gasteiger partial charge >= 0.3 is 0 Å². The molecule has 0 saturated heterocycles. The molecule has 0 spiro atoms. The maximum atomic E-state index is 13.9. The summed E-state index contributed by atoms with van der Waals surface area (Å²) in [6.07, 6.45) is 1.26. The van der Waals surface area contributed by atoms with E-state index in [1.54, 1.807) is 42.5 Å². The van der Waals surface area contributed by atoms with Crippen molar-refractivity contribution in [2.24, 2.45) is 5.92 Å². The van der Waals surface area contributed by atoms with E-state index in [-0.39, 0.29) is 24.8 Å². The lowest BCUT2D eigenvalue weighted by molar-refractivity contribution is -0.140. The molecule has 7 nitrogen and oxygen atoms in total. The molecule has 9 heteroatoms. The van der Waals surface area contributed by atoms with Gasteiger partial charge in [-0.3, -0.25) is 13.9 Å². The molecule has 0 aliphatic rings. The Labute approximate surface area is 224 Å². The molecule has 2 amide bonds. The number of hydrogen-bond donors (Lipinski definition) is 1. The van der Waals surface area contributed by atoms with Crippen molar-refractivity contribution in [1.29, 1.82) is 0 Å². The number of carbonyl (C=O) groups is 2. The van der Waals surface area contributed by atoms with Gasteiger partial charge in [-0.05, 0) is 41.3 Å². The molecule has 0 aromatic heterocycles. The number of amides is 2. The van der Waals surface area contributed by atoms with E-state index in [1.807, 2.05) is 44.2 Å². The summed E-state index contributed by atoms with van der Waals surface area (Å²) in [5.74, 6) is -1.13. The van der Waals surface area contributed by atoms with Gasteiger partial charge in [0, 0.05) is 19.5 Å². The summed E-state index contributed by atoms with van der Waals surface area (Å²) in [5, 5.41) is 2.92. The van der Waals surface area contributed by atoms with Crippen LogP contribution in [0.2, 0.25) is 0 Å². The second-order valence-electron chi connectivity index (χ2n) is 9.60. The normalized spacial score (nSPS) is 12.1. The molecule has 3 rings (SSSR count). The molecule has 3 aromatic rings. The summed E-state index contributed by atoms with van der Waals surface area (Å²) < 4.78 is 40.0. The van der Waals surface area contributed by atoms with Gasteiger partial charge in [0.1, 0.15) is 18.4 Å². The smallest absolute Gasteiger partial charge is 0.244 e. The van der Waals surface area contributed by atoms with E-state index in [2.05, 4.69) is 5.32 Å². The van der Waals surface area contributed by atoms with E-state index >= 15 is 0 Å². The van der Waals surface area contributed by atoms with Crippen LogP contribution in [0.15, 0.2) is 84.9 Å². The number of nitrogens with one attached hydrogen (secondary N) is 1. The standard InChI is InChI=1S/C29H34FN3O4S/c1-22(2)19-31-29(35)27(18-23-10-6-4-7-11-23)32(20-24-14-16-25(30)17-15-24)28(34)21-33(38(3,36)37)26-12-8-5-9-13-26/h4-17,22,27H,18-21H2,1-3H3,(H,31,35)/t27-/m1/s1. The minimum Gasteiger partial charge on any atom is -0.354 e. The fourth-order valence-electron chi connectivity index (χ4n) is 3.97. The average molecular weight is 540 g/mol. The van der Waals surface area contributed by atoms with E-state index in [9.17, 15) is 22.4 Å². The Morgan fingerprint density at radius 1 is 0.868 bits per heavy atom. The number of nitrogens with zero attached hydrogens (tertiary/aromatic N) is 2. The van der Waals surface area contributed by atoms with Gasteiger partial charge in [0.15, 0.2) is 0 Å². The summed E-state index contributed by atoms with van der Waals surface area (Å²) in [7, 11) is -3.82. The molecule has 0 aliphatic carbocycles. The highest BCUT2D eigenvalue weighted by molar-refractivity contribution is 7.92. The molecule has 0 saturated carbocycles. The topological polar surface area (TPSA) is 86.8 Å². The van der Waals surface area contributed by atoms with Gasteiger partial charge in [0.25, 0.3) is 0 Å². The highest BCUT2D eigenvalue weighted by Gasteiger charge is 2.33. The fourth-order valence-corrected chi connectivity index (χ4v) is 4.82. The first-order chi connectivity index (χ1) is 18.0. The predicted octanol–water partition coefficient (Wildman–Crippen LogP) is 4.00. The SMILES string of the molecule is CC(C)CNC(=O)[C@@H](Cc1ccccc1)N(Cc1ccc(F)cc1)C(=O)CN(c1ccccc1)S(C)(=O)=O. The summed E-state index contributed by atoms with van der Waals surface area (Å²) in [6.45, 7) is 3.86. The van der Waals surface area contributed by atoms with E-state index in [0.717, 1.165) is 16.1 Å². The van der Waals surface area contributed by atoms with Crippen LogP contribution in [0.4, 0.5) is 10.1 Å². The van der Waals surface area contributed by atoms with Crippen molar-refractivity contribution < 1.29 is 22.4 Å². The molecule has 0 fully saturated rings. The van der Waals surface area contributed by atoms with Gasteiger partial charge in [-0.2, -0.15) is 0 Å². The zero-order valence-electron chi connectivity index (χ0n) is 21.9. The summed E-state index contributed by atoms with van der Waals surface area (Å²) in [6, 6.07) is 22.4. The number of para-hydroxylation sites is 1. The van der Waals surface area contributed by atoms with Gasteiger partial charge in [-0.25, -0.2) is 12.8 Å². The Bertz CT molecular complexity index is 1300. The van der Waals surface area contributed by atoms with Crippen molar-refractivity contribution >= 4 is 27.5 Å².